The van der Waals surface area contributed by atoms with Gasteiger partial charge >= 0.3 is 0 Å². The lowest BCUT2D eigenvalue weighted by Crippen LogP contribution is -2.32. The van der Waals surface area contributed by atoms with Crippen molar-refractivity contribution in [3.63, 3.8) is 0 Å². The van der Waals surface area contributed by atoms with Crippen LogP contribution in [0.15, 0.2) is 71.1 Å². The summed E-state index contributed by atoms with van der Waals surface area (Å²) in [5.74, 6) is 0.492. The molecule has 0 saturated carbocycles. The molecule has 1 atom stereocenters. The summed E-state index contributed by atoms with van der Waals surface area (Å²) < 4.78 is 1.67. The van der Waals surface area contributed by atoms with E-state index in [1.807, 2.05) is 61.5 Å². The quantitative estimate of drug-likeness (QED) is 0.583. The maximum atomic E-state index is 9.72. The number of benzene rings is 2. The molecular weight excluding hydrogens is 302 g/mol. The first-order valence-corrected chi connectivity index (χ1v) is 7.60. The molecular formula is C18H15N5O. The molecule has 6 nitrogen and oxygen atoms in total. The van der Waals surface area contributed by atoms with E-state index in [0.29, 0.717) is 17.4 Å². The van der Waals surface area contributed by atoms with Crippen LogP contribution in [0.25, 0.3) is 0 Å². The third-order valence-electron chi connectivity index (χ3n) is 4.06. The Morgan fingerprint density at radius 3 is 2.50 bits per heavy atom. The van der Waals surface area contributed by atoms with Crippen LogP contribution in [0.2, 0.25) is 0 Å². The highest BCUT2D eigenvalue weighted by Gasteiger charge is 2.33. The van der Waals surface area contributed by atoms with Crippen molar-refractivity contribution < 1.29 is 5.21 Å². The van der Waals surface area contributed by atoms with Gasteiger partial charge in [-0.3, -0.25) is 0 Å². The van der Waals surface area contributed by atoms with Crippen LogP contribution in [0.1, 0.15) is 22.7 Å². The monoisotopic (exact) mass is 317 g/mol. The summed E-state index contributed by atoms with van der Waals surface area (Å²) in [6, 6.07) is 17.3. The molecule has 0 radical (unpaired) electrons. The molecule has 6 heteroatoms. The summed E-state index contributed by atoms with van der Waals surface area (Å²) in [5.41, 5.74) is 4.04. The minimum atomic E-state index is -0.373. The van der Waals surface area contributed by atoms with Gasteiger partial charge in [-0.15, -0.1) is 0 Å². The van der Waals surface area contributed by atoms with Crippen LogP contribution in [0.5, 0.6) is 0 Å². The first-order valence-electron chi connectivity index (χ1n) is 7.60. The van der Waals surface area contributed by atoms with Crippen molar-refractivity contribution in [1.29, 1.82) is 0 Å². The lowest BCUT2D eigenvalue weighted by atomic mass is 9.93. The van der Waals surface area contributed by atoms with Gasteiger partial charge in [-0.1, -0.05) is 65.3 Å². The molecule has 1 aliphatic heterocycles. The molecule has 4 rings (SSSR count). The maximum Gasteiger partial charge on any atom is 0.249 e. The van der Waals surface area contributed by atoms with Crippen molar-refractivity contribution in [2.45, 2.75) is 13.0 Å². The molecule has 118 valence electrons. The van der Waals surface area contributed by atoms with Crippen LogP contribution in [-0.4, -0.2) is 31.4 Å². The van der Waals surface area contributed by atoms with E-state index in [2.05, 4.69) is 20.2 Å². The zero-order valence-corrected chi connectivity index (χ0v) is 13.0. The minimum Gasteiger partial charge on any atom is -0.411 e. The van der Waals surface area contributed by atoms with E-state index >= 15 is 0 Å². The Morgan fingerprint density at radius 2 is 1.79 bits per heavy atom. The topological polar surface area (TPSA) is 75.7 Å². The zero-order chi connectivity index (χ0) is 16.5. The number of hydrogen-bond acceptors (Lipinski definition) is 5. The summed E-state index contributed by atoms with van der Waals surface area (Å²) in [6.45, 7) is 2.02. The van der Waals surface area contributed by atoms with Gasteiger partial charge in [0.2, 0.25) is 5.95 Å². The minimum absolute atomic E-state index is 0.373. The number of oxime groups is 1. The molecule has 3 aromatic rings. The number of nitrogens with zero attached hydrogens (tertiary/aromatic N) is 5. The van der Waals surface area contributed by atoms with E-state index in [0.717, 1.165) is 16.7 Å². The van der Waals surface area contributed by atoms with Gasteiger partial charge in [0.15, 0.2) is 0 Å². The van der Waals surface area contributed by atoms with Crippen LogP contribution in [0, 0.1) is 6.92 Å². The summed E-state index contributed by atoms with van der Waals surface area (Å²) >= 11 is 0. The summed E-state index contributed by atoms with van der Waals surface area (Å²) in [4.78, 5) is 8.77. The fourth-order valence-electron chi connectivity index (χ4n) is 2.87. The second kappa shape index (κ2) is 5.73. The highest BCUT2D eigenvalue weighted by molar-refractivity contribution is 6.50. The van der Waals surface area contributed by atoms with Crippen molar-refractivity contribution in [2.75, 3.05) is 0 Å². The SMILES string of the molecule is Cc1ccc(C2=Nc3ncnn3[C@@H](c3ccccc3)/C2=N/O)cc1. The van der Waals surface area contributed by atoms with Crippen molar-refractivity contribution >= 4 is 17.4 Å². The van der Waals surface area contributed by atoms with E-state index in [9.17, 15) is 5.21 Å². The molecule has 0 unspecified atom stereocenters. The Balaban J connectivity index is 1.91. The van der Waals surface area contributed by atoms with Gasteiger partial charge in [0, 0.05) is 5.56 Å². The van der Waals surface area contributed by atoms with Gasteiger partial charge in [-0.2, -0.15) is 10.1 Å². The van der Waals surface area contributed by atoms with E-state index in [1.165, 1.54) is 6.33 Å². The van der Waals surface area contributed by atoms with Gasteiger partial charge in [-0.25, -0.2) is 9.67 Å². The summed E-state index contributed by atoms with van der Waals surface area (Å²) in [7, 11) is 0. The Labute approximate surface area is 138 Å². The van der Waals surface area contributed by atoms with Crippen LogP contribution < -0.4 is 0 Å². The van der Waals surface area contributed by atoms with Crippen LogP contribution in [0.4, 0.5) is 5.95 Å². The van der Waals surface area contributed by atoms with E-state index < -0.39 is 0 Å². The van der Waals surface area contributed by atoms with Crippen LogP contribution in [0.3, 0.4) is 0 Å². The van der Waals surface area contributed by atoms with Crippen molar-refractivity contribution in [1.82, 2.24) is 14.8 Å². The molecule has 1 aliphatic rings. The summed E-state index contributed by atoms with van der Waals surface area (Å²) in [5, 5.41) is 17.5. The third kappa shape index (κ3) is 2.28. The highest BCUT2D eigenvalue weighted by Crippen LogP contribution is 2.30. The largest absolute Gasteiger partial charge is 0.411 e. The fraction of sp³-hybridized carbons (Fsp3) is 0.111. The number of hydrogen-bond donors (Lipinski definition) is 1. The molecule has 1 aromatic heterocycles. The molecule has 24 heavy (non-hydrogen) atoms. The molecule has 0 fully saturated rings. The standard InChI is InChI=1S/C18H15N5O/c1-12-7-9-13(10-8-12)15-16(22-24)17(14-5-3-2-4-6-14)23-18(21-15)19-11-20-23/h2-11,17,24H,1H3/b22-16+/t17-/m0/s1. The molecule has 0 saturated heterocycles. The van der Waals surface area contributed by atoms with Crippen LogP contribution >= 0.6 is 0 Å². The first kappa shape index (κ1) is 14.3. The van der Waals surface area contributed by atoms with Gasteiger partial charge in [-0.05, 0) is 12.5 Å². The van der Waals surface area contributed by atoms with E-state index in [1.54, 1.807) is 4.68 Å². The molecule has 0 spiro atoms. The lowest BCUT2D eigenvalue weighted by Gasteiger charge is -2.24. The van der Waals surface area contributed by atoms with Crippen LogP contribution in [-0.2, 0) is 0 Å². The highest BCUT2D eigenvalue weighted by atomic mass is 16.4. The Morgan fingerprint density at radius 1 is 1.04 bits per heavy atom. The smallest absolute Gasteiger partial charge is 0.249 e. The molecule has 1 N–H and O–H groups in total. The average molecular weight is 317 g/mol. The Hall–Kier alpha value is -3.28. The molecule has 2 heterocycles. The normalized spacial score (nSPS) is 18.3. The predicted molar refractivity (Wildman–Crippen MR) is 91.2 cm³/mol. The molecule has 0 aliphatic carbocycles. The van der Waals surface area contributed by atoms with E-state index in [4.69, 9.17) is 0 Å². The van der Waals surface area contributed by atoms with Gasteiger partial charge in [0.1, 0.15) is 23.8 Å². The van der Waals surface area contributed by atoms with Crippen molar-refractivity contribution in [3.05, 3.63) is 77.6 Å². The number of aliphatic imine (C=N–C) groups is 1. The van der Waals surface area contributed by atoms with Gasteiger partial charge in [0.25, 0.3) is 0 Å². The fourth-order valence-corrected chi connectivity index (χ4v) is 2.87. The third-order valence-corrected chi connectivity index (χ3v) is 4.06. The van der Waals surface area contributed by atoms with Crippen molar-refractivity contribution in [3.8, 4) is 0 Å². The predicted octanol–water partition coefficient (Wildman–Crippen LogP) is 3.14. The van der Waals surface area contributed by atoms with Crippen molar-refractivity contribution in [2.24, 2.45) is 10.1 Å². The maximum absolute atomic E-state index is 9.72. The number of aromatic nitrogens is 3. The lowest BCUT2D eigenvalue weighted by molar-refractivity contribution is 0.316. The molecule has 0 bridgehead atoms. The Kier molecular flexibility index (Phi) is 3.42. The molecule has 0 amide bonds. The number of rotatable bonds is 2. The molecule has 2 aromatic carbocycles. The summed E-state index contributed by atoms with van der Waals surface area (Å²) in [6.07, 6.45) is 1.46. The average Bonchev–Trinajstić information content (AvgIpc) is 3.09. The zero-order valence-electron chi connectivity index (χ0n) is 13.0. The Bertz CT molecular complexity index is 926. The van der Waals surface area contributed by atoms with Gasteiger partial charge < -0.3 is 5.21 Å². The number of fused-ring (bicyclic) bond motifs is 1. The second-order valence-corrected chi connectivity index (χ2v) is 5.63. The first-order chi connectivity index (χ1) is 11.8. The van der Waals surface area contributed by atoms with Gasteiger partial charge in [0.05, 0.1) is 0 Å². The second-order valence-electron chi connectivity index (χ2n) is 5.63. The number of aryl methyl sites for hydroxylation is 1. The van der Waals surface area contributed by atoms with E-state index in [-0.39, 0.29) is 6.04 Å².